The maximum atomic E-state index is 11.9. The SMILES string of the molecule is O=C1CCCN(C(=O)Cc2ccc(Cl)s2)C1. The van der Waals surface area contributed by atoms with Crippen LogP contribution in [-0.2, 0) is 16.0 Å². The van der Waals surface area contributed by atoms with Crippen LogP contribution < -0.4 is 0 Å². The summed E-state index contributed by atoms with van der Waals surface area (Å²) >= 11 is 7.21. The van der Waals surface area contributed by atoms with Crippen LogP contribution in [0, 0.1) is 0 Å². The van der Waals surface area contributed by atoms with Crippen LogP contribution in [0.3, 0.4) is 0 Å². The van der Waals surface area contributed by atoms with E-state index in [2.05, 4.69) is 0 Å². The number of hydrogen-bond acceptors (Lipinski definition) is 3. The van der Waals surface area contributed by atoms with Crippen LogP contribution in [0.5, 0.6) is 0 Å². The minimum absolute atomic E-state index is 0.0200. The number of nitrogens with zero attached hydrogens (tertiary/aromatic N) is 1. The number of amides is 1. The van der Waals surface area contributed by atoms with Crippen LogP contribution in [0.4, 0.5) is 0 Å². The molecule has 1 saturated heterocycles. The van der Waals surface area contributed by atoms with E-state index in [-0.39, 0.29) is 18.2 Å². The number of piperidine rings is 1. The topological polar surface area (TPSA) is 37.4 Å². The van der Waals surface area contributed by atoms with Gasteiger partial charge in [-0.15, -0.1) is 11.3 Å². The molecule has 3 nitrogen and oxygen atoms in total. The highest BCUT2D eigenvalue weighted by Crippen LogP contribution is 2.22. The number of Topliss-reactive ketones (excluding diaryl/α,β-unsaturated/α-hetero) is 1. The first-order valence-electron chi connectivity index (χ1n) is 5.19. The molecule has 5 heteroatoms. The molecule has 0 bridgehead atoms. The van der Waals surface area contributed by atoms with Gasteiger partial charge in [0.1, 0.15) is 0 Å². The fourth-order valence-corrected chi connectivity index (χ4v) is 2.84. The zero-order chi connectivity index (χ0) is 11.5. The average molecular weight is 258 g/mol. The molecule has 1 aromatic rings. The zero-order valence-corrected chi connectivity index (χ0v) is 10.3. The maximum absolute atomic E-state index is 11.9. The zero-order valence-electron chi connectivity index (χ0n) is 8.74. The number of rotatable bonds is 2. The highest BCUT2D eigenvalue weighted by molar-refractivity contribution is 7.16. The van der Waals surface area contributed by atoms with Gasteiger partial charge < -0.3 is 4.90 Å². The molecule has 1 aromatic heterocycles. The van der Waals surface area contributed by atoms with Crippen molar-refractivity contribution in [2.45, 2.75) is 19.3 Å². The Hall–Kier alpha value is -0.870. The normalized spacial score (nSPS) is 16.6. The lowest BCUT2D eigenvalue weighted by molar-refractivity contribution is -0.136. The monoisotopic (exact) mass is 257 g/mol. The van der Waals surface area contributed by atoms with Crippen LogP contribution in [0.1, 0.15) is 17.7 Å². The lowest BCUT2D eigenvalue weighted by Crippen LogP contribution is -2.40. The number of thiophene rings is 1. The van der Waals surface area contributed by atoms with Gasteiger partial charge in [0.25, 0.3) is 0 Å². The highest BCUT2D eigenvalue weighted by Gasteiger charge is 2.21. The molecule has 16 heavy (non-hydrogen) atoms. The fourth-order valence-electron chi connectivity index (χ4n) is 1.76. The molecule has 0 unspecified atom stereocenters. The number of carbonyl (C=O) groups excluding carboxylic acids is 2. The predicted molar refractivity (Wildman–Crippen MR) is 63.9 cm³/mol. The highest BCUT2D eigenvalue weighted by atomic mass is 35.5. The van der Waals surface area contributed by atoms with Crippen molar-refractivity contribution in [2.24, 2.45) is 0 Å². The number of likely N-dealkylation sites (tertiary alicyclic amines) is 1. The van der Waals surface area contributed by atoms with Crippen molar-refractivity contribution in [2.75, 3.05) is 13.1 Å². The maximum Gasteiger partial charge on any atom is 0.228 e. The Balaban J connectivity index is 1.94. The lowest BCUT2D eigenvalue weighted by Gasteiger charge is -2.25. The van der Waals surface area contributed by atoms with Crippen LogP contribution in [-0.4, -0.2) is 29.7 Å². The molecule has 0 spiro atoms. The van der Waals surface area contributed by atoms with Crippen LogP contribution in [0.25, 0.3) is 0 Å². The number of carbonyl (C=O) groups is 2. The molecule has 0 radical (unpaired) electrons. The van der Waals surface area contributed by atoms with E-state index in [4.69, 9.17) is 11.6 Å². The van der Waals surface area contributed by atoms with E-state index in [1.807, 2.05) is 6.07 Å². The van der Waals surface area contributed by atoms with E-state index in [1.54, 1.807) is 11.0 Å². The third-order valence-electron chi connectivity index (χ3n) is 2.56. The van der Waals surface area contributed by atoms with Gasteiger partial charge in [0, 0.05) is 17.8 Å². The summed E-state index contributed by atoms with van der Waals surface area (Å²) in [4.78, 5) is 25.7. The smallest absolute Gasteiger partial charge is 0.228 e. The van der Waals surface area contributed by atoms with E-state index in [9.17, 15) is 9.59 Å². The van der Waals surface area contributed by atoms with Gasteiger partial charge in [-0.3, -0.25) is 9.59 Å². The van der Waals surface area contributed by atoms with Crippen molar-refractivity contribution in [3.05, 3.63) is 21.3 Å². The second-order valence-electron chi connectivity index (χ2n) is 3.84. The van der Waals surface area contributed by atoms with E-state index in [0.717, 1.165) is 11.3 Å². The first kappa shape index (κ1) is 11.6. The van der Waals surface area contributed by atoms with E-state index in [0.29, 0.717) is 23.7 Å². The van der Waals surface area contributed by atoms with Gasteiger partial charge in [-0.1, -0.05) is 11.6 Å². The molecular weight excluding hydrogens is 246 g/mol. The molecule has 1 aliphatic heterocycles. The Labute approximate surface area is 103 Å². The third kappa shape index (κ3) is 2.83. The third-order valence-corrected chi connectivity index (χ3v) is 3.79. The van der Waals surface area contributed by atoms with Crippen molar-refractivity contribution in [1.82, 2.24) is 4.90 Å². The van der Waals surface area contributed by atoms with Crippen LogP contribution in [0.15, 0.2) is 12.1 Å². The first-order valence-corrected chi connectivity index (χ1v) is 6.38. The van der Waals surface area contributed by atoms with Crippen LogP contribution in [0.2, 0.25) is 4.34 Å². The predicted octanol–water partition coefficient (Wildman–Crippen LogP) is 2.14. The summed E-state index contributed by atoms with van der Waals surface area (Å²) in [5.41, 5.74) is 0. The van der Waals surface area contributed by atoms with Gasteiger partial charge in [0.2, 0.25) is 5.91 Å². The average Bonchev–Trinajstić information content (AvgIpc) is 2.64. The quantitative estimate of drug-likeness (QED) is 0.814. The summed E-state index contributed by atoms with van der Waals surface area (Å²) in [6.07, 6.45) is 1.75. The van der Waals surface area contributed by atoms with Gasteiger partial charge in [-0.25, -0.2) is 0 Å². The Morgan fingerprint density at radius 2 is 2.31 bits per heavy atom. The van der Waals surface area contributed by atoms with Crippen molar-refractivity contribution < 1.29 is 9.59 Å². The van der Waals surface area contributed by atoms with Crippen LogP contribution >= 0.6 is 22.9 Å². The number of halogens is 1. The Morgan fingerprint density at radius 3 is 2.94 bits per heavy atom. The van der Waals surface area contributed by atoms with Gasteiger partial charge in [-0.05, 0) is 18.6 Å². The standard InChI is InChI=1S/C11H12ClNO2S/c12-10-4-3-9(16-10)6-11(15)13-5-1-2-8(14)7-13/h3-4H,1-2,5-7H2. The summed E-state index contributed by atoms with van der Waals surface area (Å²) in [5.74, 6) is 0.176. The van der Waals surface area contributed by atoms with Crippen molar-refractivity contribution in [3.8, 4) is 0 Å². The summed E-state index contributed by atoms with van der Waals surface area (Å²) in [6.45, 7) is 0.974. The fraction of sp³-hybridized carbons (Fsp3) is 0.455. The van der Waals surface area contributed by atoms with Crippen molar-refractivity contribution in [3.63, 3.8) is 0 Å². The molecule has 0 aromatic carbocycles. The summed E-state index contributed by atoms with van der Waals surface area (Å²) in [6, 6.07) is 3.65. The molecule has 0 aliphatic carbocycles. The van der Waals surface area contributed by atoms with Gasteiger partial charge in [-0.2, -0.15) is 0 Å². The van der Waals surface area contributed by atoms with E-state index < -0.39 is 0 Å². The molecule has 0 saturated carbocycles. The largest absolute Gasteiger partial charge is 0.335 e. The Bertz CT molecular complexity index is 416. The second-order valence-corrected chi connectivity index (χ2v) is 5.64. The molecule has 0 N–H and O–H groups in total. The lowest BCUT2D eigenvalue weighted by atomic mass is 10.1. The van der Waals surface area contributed by atoms with E-state index >= 15 is 0 Å². The second kappa shape index (κ2) is 4.97. The number of ketones is 1. The summed E-state index contributed by atoms with van der Waals surface area (Å²) in [5, 5.41) is 0. The van der Waals surface area contributed by atoms with Crippen molar-refractivity contribution >= 4 is 34.6 Å². The van der Waals surface area contributed by atoms with Gasteiger partial charge in [0.15, 0.2) is 5.78 Å². The van der Waals surface area contributed by atoms with Gasteiger partial charge >= 0.3 is 0 Å². The van der Waals surface area contributed by atoms with Crippen molar-refractivity contribution in [1.29, 1.82) is 0 Å². The Morgan fingerprint density at radius 1 is 1.50 bits per heavy atom. The number of hydrogen-bond donors (Lipinski definition) is 0. The minimum atomic E-state index is 0.0200. The first-order chi connectivity index (χ1) is 7.65. The van der Waals surface area contributed by atoms with E-state index in [1.165, 1.54) is 11.3 Å². The molecule has 1 fully saturated rings. The molecule has 0 atom stereocenters. The molecule has 1 aliphatic rings. The summed E-state index contributed by atoms with van der Waals surface area (Å²) < 4.78 is 0.692. The molecule has 1 amide bonds. The summed E-state index contributed by atoms with van der Waals surface area (Å²) in [7, 11) is 0. The molecule has 2 rings (SSSR count). The molecular formula is C11H12ClNO2S. The minimum Gasteiger partial charge on any atom is -0.335 e. The molecule has 86 valence electrons. The van der Waals surface area contributed by atoms with Gasteiger partial charge in [0.05, 0.1) is 17.3 Å². The molecule has 2 heterocycles. The Kier molecular flexibility index (Phi) is 3.61.